The summed E-state index contributed by atoms with van der Waals surface area (Å²) in [4.78, 5) is 5.08. The minimum absolute atomic E-state index is 0.101. The molecule has 2 fully saturated rings. The zero-order valence-electron chi connectivity index (χ0n) is 10.1. The first-order valence-corrected chi connectivity index (χ1v) is 5.89. The van der Waals surface area contributed by atoms with E-state index in [1.807, 2.05) is 7.05 Å². The Morgan fingerprint density at radius 3 is 2.80 bits per heavy atom. The Hall–Kier alpha value is -0.160. The van der Waals surface area contributed by atoms with E-state index in [1.54, 1.807) is 0 Å². The molecule has 2 aliphatic rings. The zero-order chi connectivity index (χ0) is 10.9. The van der Waals surface area contributed by atoms with Gasteiger partial charge >= 0.3 is 0 Å². The van der Waals surface area contributed by atoms with E-state index in [4.69, 9.17) is 4.74 Å². The van der Waals surface area contributed by atoms with E-state index in [0.717, 1.165) is 32.8 Å². The van der Waals surface area contributed by atoms with Crippen LogP contribution in [0.2, 0.25) is 0 Å². The minimum Gasteiger partial charge on any atom is -0.378 e. The molecule has 1 N–H and O–H groups in total. The zero-order valence-corrected chi connectivity index (χ0v) is 10.1. The van der Waals surface area contributed by atoms with Gasteiger partial charge in [0, 0.05) is 32.2 Å². The van der Waals surface area contributed by atoms with E-state index >= 15 is 0 Å². The van der Waals surface area contributed by atoms with Gasteiger partial charge in [-0.3, -0.25) is 9.80 Å². The van der Waals surface area contributed by atoms with Crippen LogP contribution in [0, 0.1) is 0 Å². The van der Waals surface area contributed by atoms with Gasteiger partial charge in [-0.1, -0.05) is 0 Å². The van der Waals surface area contributed by atoms with Gasteiger partial charge in [-0.25, -0.2) is 0 Å². The molecule has 0 aliphatic carbocycles. The van der Waals surface area contributed by atoms with E-state index in [0.29, 0.717) is 6.04 Å². The van der Waals surface area contributed by atoms with Crippen LogP contribution in [0.4, 0.5) is 0 Å². The van der Waals surface area contributed by atoms with Gasteiger partial charge in [-0.05, 0) is 20.9 Å². The summed E-state index contributed by atoms with van der Waals surface area (Å²) in [6.07, 6.45) is 0. The summed E-state index contributed by atoms with van der Waals surface area (Å²) in [5.41, 5.74) is 0.101. The lowest BCUT2D eigenvalue weighted by molar-refractivity contribution is -0.0690. The maximum absolute atomic E-state index is 5.54. The van der Waals surface area contributed by atoms with Crippen LogP contribution in [0.5, 0.6) is 0 Å². The maximum atomic E-state index is 5.54. The summed E-state index contributed by atoms with van der Waals surface area (Å²) in [7, 11) is 2.03. The van der Waals surface area contributed by atoms with Crippen molar-refractivity contribution in [2.75, 3.05) is 46.4 Å². The molecule has 0 amide bonds. The average molecular weight is 213 g/mol. The highest BCUT2D eigenvalue weighted by Crippen LogP contribution is 2.19. The molecule has 2 rings (SSSR count). The van der Waals surface area contributed by atoms with Crippen LogP contribution in [0.1, 0.15) is 13.8 Å². The van der Waals surface area contributed by atoms with Gasteiger partial charge in [0.25, 0.3) is 0 Å². The largest absolute Gasteiger partial charge is 0.378 e. The fraction of sp³-hybridized carbons (Fsp3) is 1.00. The second kappa shape index (κ2) is 4.37. The van der Waals surface area contributed by atoms with Gasteiger partial charge in [0.15, 0.2) is 0 Å². The number of ether oxygens (including phenoxy) is 1. The smallest absolute Gasteiger partial charge is 0.0652 e. The molecule has 0 saturated carbocycles. The molecule has 4 heteroatoms. The standard InChI is InChI=1S/C11H23N3O/c1-11(2,12-3)14-5-4-13-6-7-15-9-10(13)8-14/h10,12H,4-9H2,1-3H3. The Labute approximate surface area is 92.6 Å². The molecule has 0 aromatic carbocycles. The number of piperazine rings is 1. The highest BCUT2D eigenvalue weighted by molar-refractivity contribution is 4.89. The molecule has 1 unspecified atom stereocenters. The van der Waals surface area contributed by atoms with Crippen molar-refractivity contribution in [3.63, 3.8) is 0 Å². The molecule has 1 atom stereocenters. The fourth-order valence-corrected chi connectivity index (χ4v) is 2.41. The van der Waals surface area contributed by atoms with Crippen molar-refractivity contribution in [3.05, 3.63) is 0 Å². The predicted octanol–water partition coefficient (Wildman–Crippen LogP) is -0.0417. The molecule has 88 valence electrons. The molecule has 2 saturated heterocycles. The van der Waals surface area contributed by atoms with E-state index in [-0.39, 0.29) is 5.66 Å². The lowest BCUT2D eigenvalue weighted by Crippen LogP contribution is -2.65. The third-order valence-electron chi connectivity index (χ3n) is 3.84. The SMILES string of the molecule is CNC(C)(C)N1CCN2CCOCC2C1. The van der Waals surface area contributed by atoms with Crippen molar-refractivity contribution in [3.8, 4) is 0 Å². The van der Waals surface area contributed by atoms with Crippen molar-refractivity contribution in [2.24, 2.45) is 0 Å². The lowest BCUT2D eigenvalue weighted by atomic mass is 10.1. The van der Waals surface area contributed by atoms with Crippen molar-refractivity contribution < 1.29 is 4.74 Å². The van der Waals surface area contributed by atoms with Crippen LogP contribution in [0.25, 0.3) is 0 Å². The second-order valence-corrected chi connectivity index (χ2v) is 5.02. The van der Waals surface area contributed by atoms with E-state index in [1.165, 1.54) is 6.54 Å². The summed E-state index contributed by atoms with van der Waals surface area (Å²) < 4.78 is 5.54. The molecule has 0 aromatic rings. The number of morpholine rings is 1. The first kappa shape index (κ1) is 11.3. The summed E-state index contributed by atoms with van der Waals surface area (Å²) in [5.74, 6) is 0. The van der Waals surface area contributed by atoms with Gasteiger partial charge in [-0.15, -0.1) is 0 Å². The van der Waals surface area contributed by atoms with E-state index < -0.39 is 0 Å². The topological polar surface area (TPSA) is 27.7 Å². The highest BCUT2D eigenvalue weighted by atomic mass is 16.5. The van der Waals surface area contributed by atoms with Crippen LogP contribution in [0.15, 0.2) is 0 Å². The molecule has 2 heterocycles. The quantitative estimate of drug-likeness (QED) is 0.696. The molecule has 15 heavy (non-hydrogen) atoms. The van der Waals surface area contributed by atoms with E-state index in [9.17, 15) is 0 Å². The van der Waals surface area contributed by atoms with Crippen LogP contribution in [-0.4, -0.2) is 67.9 Å². The number of rotatable bonds is 2. The first-order valence-electron chi connectivity index (χ1n) is 5.89. The summed E-state index contributed by atoms with van der Waals surface area (Å²) in [5, 5.41) is 3.37. The Bertz CT molecular complexity index is 220. The van der Waals surface area contributed by atoms with Gasteiger partial charge in [0.2, 0.25) is 0 Å². The van der Waals surface area contributed by atoms with Gasteiger partial charge in [0.05, 0.1) is 18.9 Å². The normalized spacial score (nSPS) is 30.2. The number of nitrogens with zero attached hydrogens (tertiary/aromatic N) is 2. The van der Waals surface area contributed by atoms with Crippen molar-refractivity contribution in [2.45, 2.75) is 25.6 Å². The molecular weight excluding hydrogens is 190 g/mol. The summed E-state index contributed by atoms with van der Waals surface area (Å²) in [6, 6.07) is 0.597. The Morgan fingerprint density at radius 1 is 1.27 bits per heavy atom. The molecular formula is C11H23N3O. The van der Waals surface area contributed by atoms with Gasteiger partial charge < -0.3 is 10.1 Å². The second-order valence-electron chi connectivity index (χ2n) is 5.02. The van der Waals surface area contributed by atoms with Crippen LogP contribution < -0.4 is 5.32 Å². The van der Waals surface area contributed by atoms with E-state index in [2.05, 4.69) is 29.0 Å². The molecule has 0 bridgehead atoms. The van der Waals surface area contributed by atoms with Crippen molar-refractivity contribution in [1.82, 2.24) is 15.1 Å². The monoisotopic (exact) mass is 213 g/mol. The summed E-state index contributed by atoms with van der Waals surface area (Å²) in [6.45, 7) is 10.9. The lowest BCUT2D eigenvalue weighted by Gasteiger charge is -2.49. The minimum atomic E-state index is 0.101. The first-order chi connectivity index (χ1) is 7.13. The van der Waals surface area contributed by atoms with Crippen molar-refractivity contribution in [1.29, 1.82) is 0 Å². The van der Waals surface area contributed by atoms with Crippen LogP contribution in [0.3, 0.4) is 0 Å². The molecule has 2 aliphatic heterocycles. The third kappa shape index (κ3) is 2.33. The van der Waals surface area contributed by atoms with Gasteiger partial charge in [0.1, 0.15) is 0 Å². The summed E-state index contributed by atoms with van der Waals surface area (Å²) >= 11 is 0. The predicted molar refractivity (Wildman–Crippen MR) is 60.9 cm³/mol. The number of fused-ring (bicyclic) bond motifs is 1. The molecule has 4 nitrogen and oxygen atoms in total. The Balaban J connectivity index is 1.96. The fourth-order valence-electron chi connectivity index (χ4n) is 2.41. The van der Waals surface area contributed by atoms with Crippen LogP contribution >= 0.6 is 0 Å². The molecule has 0 spiro atoms. The highest BCUT2D eigenvalue weighted by Gasteiger charge is 2.35. The number of hydrogen-bond acceptors (Lipinski definition) is 4. The Morgan fingerprint density at radius 2 is 2.07 bits per heavy atom. The third-order valence-corrected chi connectivity index (χ3v) is 3.84. The number of hydrogen-bond donors (Lipinski definition) is 1. The van der Waals surface area contributed by atoms with Crippen LogP contribution in [-0.2, 0) is 4.74 Å². The molecule has 0 aromatic heterocycles. The maximum Gasteiger partial charge on any atom is 0.0652 e. The van der Waals surface area contributed by atoms with Gasteiger partial charge in [-0.2, -0.15) is 0 Å². The van der Waals surface area contributed by atoms with Crippen molar-refractivity contribution >= 4 is 0 Å². The number of nitrogens with one attached hydrogen (secondary N) is 1. The average Bonchev–Trinajstić information content (AvgIpc) is 2.28. The molecule has 0 radical (unpaired) electrons. The Kier molecular flexibility index (Phi) is 3.30.